The molecule has 1 saturated heterocycles. The third kappa shape index (κ3) is 4.54. The molecule has 11 rings (SSSR count). The Labute approximate surface area is 293 Å². The minimum Gasteiger partial charge on any atom is -0.456 e. The van der Waals surface area contributed by atoms with E-state index in [1.165, 1.54) is 16.5 Å². The summed E-state index contributed by atoms with van der Waals surface area (Å²) in [5.41, 5.74) is 10.0. The third-order valence-electron chi connectivity index (χ3n) is 10.8. The van der Waals surface area contributed by atoms with Crippen LogP contribution in [0.4, 0.5) is 0 Å². The van der Waals surface area contributed by atoms with Crippen LogP contribution >= 0.6 is 0 Å². The molecule has 4 atom stereocenters. The Hall–Kier alpha value is -5.92. The smallest absolute Gasteiger partial charge is 0.143 e. The van der Waals surface area contributed by atoms with Crippen LogP contribution in [0.2, 0.25) is 0 Å². The van der Waals surface area contributed by atoms with Crippen molar-refractivity contribution in [2.45, 2.75) is 30.8 Å². The summed E-state index contributed by atoms with van der Waals surface area (Å²) in [6, 6.07) is 46.5. The molecule has 6 aromatic carbocycles. The van der Waals surface area contributed by atoms with Gasteiger partial charge in [-0.1, -0.05) is 115 Å². The van der Waals surface area contributed by atoms with Crippen LogP contribution in [-0.4, -0.2) is 6.17 Å². The van der Waals surface area contributed by atoms with Gasteiger partial charge < -0.3 is 13.3 Å². The van der Waals surface area contributed by atoms with Crippen molar-refractivity contribution >= 4 is 60.9 Å². The van der Waals surface area contributed by atoms with Gasteiger partial charge in [0, 0.05) is 49.5 Å². The molecule has 246 valence electrons. The third-order valence-corrected chi connectivity index (χ3v) is 10.8. The number of para-hydroxylation sites is 4. The second kappa shape index (κ2) is 11.3. The Morgan fingerprint density at radius 2 is 1.08 bits per heavy atom. The number of allylic oxidation sites excluding steroid dienone is 1. The maximum absolute atomic E-state index is 6.67. The zero-order chi connectivity index (χ0) is 33.5. The van der Waals surface area contributed by atoms with Crippen LogP contribution in [-0.2, 0) is 0 Å². The Morgan fingerprint density at radius 1 is 0.471 bits per heavy atom. The molecule has 9 aromatic rings. The summed E-state index contributed by atoms with van der Waals surface area (Å²) in [6.45, 7) is 0. The SMILES string of the molecule is C1=Cc2oc3ccccc3c2C(C2NC(c3ccccc3)NC(c3ccc4oc5c(-c6cccc7c6oc6ccccc67)cccc5c4c3)N2)C1. The van der Waals surface area contributed by atoms with Crippen molar-refractivity contribution < 1.29 is 13.3 Å². The molecule has 3 N–H and O–H groups in total. The highest BCUT2D eigenvalue weighted by molar-refractivity contribution is 6.14. The highest BCUT2D eigenvalue weighted by atomic mass is 16.3. The molecule has 0 bridgehead atoms. The predicted octanol–water partition coefficient (Wildman–Crippen LogP) is 10.9. The summed E-state index contributed by atoms with van der Waals surface area (Å²) in [4.78, 5) is 0. The minimum atomic E-state index is -0.129. The summed E-state index contributed by atoms with van der Waals surface area (Å²) in [7, 11) is 0. The van der Waals surface area contributed by atoms with E-state index in [9.17, 15) is 0 Å². The zero-order valence-electron chi connectivity index (χ0n) is 27.6. The molecule has 0 saturated carbocycles. The molecule has 6 heteroatoms. The standard InChI is InChI=1S/C45H33N3O3/c1-2-11-26(12-3-1)43-46-44(48-45(47-43)34-19-10-22-39-40(34)33-14-5-7-21-37(33)49-39)27-23-24-38-35(25-27)32-18-9-17-31(42(32)51-38)30-16-8-15-29-28-13-4-6-20-36(28)50-41(29)30/h1-18,20-25,34,43-48H,19H2. The largest absolute Gasteiger partial charge is 0.456 e. The molecule has 1 aliphatic heterocycles. The van der Waals surface area contributed by atoms with Gasteiger partial charge >= 0.3 is 0 Å². The molecule has 0 spiro atoms. The van der Waals surface area contributed by atoms with E-state index in [4.69, 9.17) is 13.3 Å². The number of nitrogens with one attached hydrogen (secondary N) is 3. The van der Waals surface area contributed by atoms with E-state index in [2.05, 4.69) is 143 Å². The topological polar surface area (TPSA) is 75.5 Å². The van der Waals surface area contributed by atoms with Gasteiger partial charge in [0.15, 0.2) is 0 Å². The average molecular weight is 664 g/mol. The van der Waals surface area contributed by atoms with Gasteiger partial charge in [-0.05, 0) is 47.9 Å². The van der Waals surface area contributed by atoms with Crippen LogP contribution in [0.15, 0.2) is 153 Å². The minimum absolute atomic E-state index is 0.0288. The lowest BCUT2D eigenvalue weighted by Crippen LogP contribution is -2.61. The van der Waals surface area contributed by atoms with Gasteiger partial charge in [-0.3, -0.25) is 16.0 Å². The molecular formula is C45H33N3O3. The van der Waals surface area contributed by atoms with Crippen molar-refractivity contribution in [3.8, 4) is 11.1 Å². The van der Waals surface area contributed by atoms with Crippen LogP contribution in [0.5, 0.6) is 0 Å². The molecule has 51 heavy (non-hydrogen) atoms. The van der Waals surface area contributed by atoms with Gasteiger partial charge in [-0.25, -0.2) is 0 Å². The Balaban J connectivity index is 1.01. The lowest BCUT2D eigenvalue weighted by molar-refractivity contribution is 0.179. The van der Waals surface area contributed by atoms with Crippen molar-refractivity contribution in [3.63, 3.8) is 0 Å². The first-order valence-electron chi connectivity index (χ1n) is 17.6. The van der Waals surface area contributed by atoms with Gasteiger partial charge in [0.25, 0.3) is 0 Å². The molecular weight excluding hydrogens is 631 g/mol. The molecule has 1 fully saturated rings. The quantitative estimate of drug-likeness (QED) is 0.174. The molecule has 2 aliphatic rings. The lowest BCUT2D eigenvalue weighted by Gasteiger charge is -2.43. The highest BCUT2D eigenvalue weighted by Gasteiger charge is 2.37. The van der Waals surface area contributed by atoms with E-state index in [0.717, 1.165) is 78.3 Å². The molecule has 3 aromatic heterocycles. The summed E-state index contributed by atoms with van der Waals surface area (Å²) in [6.07, 6.45) is 5.04. The summed E-state index contributed by atoms with van der Waals surface area (Å²) < 4.78 is 19.4. The first-order valence-corrected chi connectivity index (χ1v) is 17.6. The van der Waals surface area contributed by atoms with Gasteiger partial charge in [-0.15, -0.1) is 0 Å². The number of rotatable bonds is 4. The van der Waals surface area contributed by atoms with Gasteiger partial charge in [0.1, 0.15) is 33.7 Å². The van der Waals surface area contributed by atoms with Crippen molar-refractivity contribution in [3.05, 3.63) is 162 Å². The fourth-order valence-corrected chi connectivity index (χ4v) is 8.43. The number of hydrogen-bond acceptors (Lipinski definition) is 6. The number of hydrogen-bond donors (Lipinski definition) is 3. The zero-order valence-corrected chi connectivity index (χ0v) is 27.6. The van der Waals surface area contributed by atoms with E-state index in [0.29, 0.717) is 0 Å². The van der Waals surface area contributed by atoms with Crippen LogP contribution < -0.4 is 16.0 Å². The second-order valence-corrected chi connectivity index (χ2v) is 13.7. The predicted molar refractivity (Wildman–Crippen MR) is 204 cm³/mol. The van der Waals surface area contributed by atoms with Gasteiger partial charge in [-0.2, -0.15) is 0 Å². The van der Waals surface area contributed by atoms with Crippen LogP contribution in [0, 0.1) is 0 Å². The number of fused-ring (bicyclic) bond motifs is 9. The van der Waals surface area contributed by atoms with E-state index >= 15 is 0 Å². The Kier molecular flexibility index (Phi) is 6.40. The molecule has 4 unspecified atom stereocenters. The Morgan fingerprint density at radius 3 is 1.84 bits per heavy atom. The van der Waals surface area contributed by atoms with Gasteiger partial charge in [0.2, 0.25) is 0 Å². The first kappa shape index (κ1) is 28.9. The molecule has 4 heterocycles. The molecule has 0 radical (unpaired) electrons. The summed E-state index contributed by atoms with van der Waals surface area (Å²) >= 11 is 0. The highest BCUT2D eigenvalue weighted by Crippen LogP contribution is 2.43. The fraction of sp³-hybridized carbons (Fsp3) is 0.111. The first-order chi connectivity index (χ1) is 25.3. The molecule has 1 aliphatic carbocycles. The van der Waals surface area contributed by atoms with E-state index in [1.807, 2.05) is 18.2 Å². The van der Waals surface area contributed by atoms with Crippen molar-refractivity contribution in [1.82, 2.24) is 16.0 Å². The lowest BCUT2D eigenvalue weighted by atomic mass is 9.85. The van der Waals surface area contributed by atoms with E-state index in [1.54, 1.807) is 0 Å². The average Bonchev–Trinajstić information content (AvgIpc) is 3.89. The number of furan rings is 3. The van der Waals surface area contributed by atoms with Crippen LogP contribution in [0.1, 0.15) is 47.1 Å². The van der Waals surface area contributed by atoms with Crippen molar-refractivity contribution in [1.29, 1.82) is 0 Å². The monoisotopic (exact) mass is 663 g/mol. The van der Waals surface area contributed by atoms with Crippen LogP contribution in [0.25, 0.3) is 72.0 Å². The fourth-order valence-electron chi connectivity index (χ4n) is 8.43. The molecule has 0 amide bonds. The second-order valence-electron chi connectivity index (χ2n) is 13.7. The molecule has 6 nitrogen and oxygen atoms in total. The van der Waals surface area contributed by atoms with E-state index in [-0.39, 0.29) is 24.4 Å². The number of benzene rings is 6. The maximum atomic E-state index is 6.67. The van der Waals surface area contributed by atoms with Crippen molar-refractivity contribution in [2.24, 2.45) is 0 Å². The van der Waals surface area contributed by atoms with Gasteiger partial charge in [0.05, 0.1) is 18.5 Å². The van der Waals surface area contributed by atoms with E-state index < -0.39 is 0 Å². The summed E-state index contributed by atoms with van der Waals surface area (Å²) in [5.74, 6) is 1.12. The van der Waals surface area contributed by atoms with Crippen molar-refractivity contribution in [2.75, 3.05) is 0 Å². The maximum Gasteiger partial charge on any atom is 0.143 e. The van der Waals surface area contributed by atoms with Crippen LogP contribution in [0.3, 0.4) is 0 Å². The Bertz CT molecular complexity index is 2810. The normalized spacial score (nSPS) is 20.5. The summed E-state index contributed by atoms with van der Waals surface area (Å²) in [5, 5.41) is 17.3.